The van der Waals surface area contributed by atoms with Gasteiger partial charge in [0, 0.05) is 25.4 Å². The Morgan fingerprint density at radius 3 is 2.75 bits per heavy atom. The van der Waals surface area contributed by atoms with E-state index in [9.17, 15) is 0 Å². The normalized spacial score (nSPS) is 15.0. The molecule has 0 bridgehead atoms. The van der Waals surface area contributed by atoms with Crippen molar-refractivity contribution in [2.24, 2.45) is 0 Å². The Labute approximate surface area is 98.0 Å². The lowest BCUT2D eigenvalue weighted by molar-refractivity contribution is 0.0675. The van der Waals surface area contributed by atoms with Crippen LogP contribution in [0.2, 0.25) is 0 Å². The number of aromatic nitrogens is 2. The zero-order chi connectivity index (χ0) is 12.0. The number of ether oxygens (including phenoxy) is 1. The first-order valence-electron chi connectivity index (χ1n) is 5.99. The van der Waals surface area contributed by atoms with Crippen LogP contribution in [0, 0.1) is 0 Å². The summed E-state index contributed by atoms with van der Waals surface area (Å²) in [5.74, 6) is 0. The van der Waals surface area contributed by atoms with E-state index in [0.717, 1.165) is 19.4 Å². The van der Waals surface area contributed by atoms with Crippen molar-refractivity contribution in [1.82, 2.24) is 15.1 Å². The molecule has 0 spiro atoms. The molecule has 0 aliphatic rings. The van der Waals surface area contributed by atoms with Crippen molar-refractivity contribution in [1.29, 1.82) is 0 Å². The Bertz CT molecular complexity index is 294. The van der Waals surface area contributed by atoms with Crippen molar-refractivity contribution < 1.29 is 4.74 Å². The summed E-state index contributed by atoms with van der Waals surface area (Å²) in [6.07, 6.45) is 6.32. The van der Waals surface area contributed by atoms with E-state index < -0.39 is 0 Å². The summed E-state index contributed by atoms with van der Waals surface area (Å²) >= 11 is 0. The minimum atomic E-state index is 0.198. The first-order valence-corrected chi connectivity index (χ1v) is 5.99. The van der Waals surface area contributed by atoms with E-state index in [1.807, 2.05) is 17.9 Å². The Morgan fingerprint density at radius 1 is 1.50 bits per heavy atom. The van der Waals surface area contributed by atoms with E-state index >= 15 is 0 Å². The largest absolute Gasteiger partial charge is 0.379 e. The monoisotopic (exact) mass is 225 g/mol. The minimum absolute atomic E-state index is 0.198. The number of aryl methyl sites for hydroxylation is 1. The highest BCUT2D eigenvalue weighted by atomic mass is 16.5. The maximum atomic E-state index is 5.48. The highest BCUT2D eigenvalue weighted by molar-refractivity contribution is 5.12. The van der Waals surface area contributed by atoms with Crippen molar-refractivity contribution in [3.63, 3.8) is 0 Å². The van der Waals surface area contributed by atoms with Gasteiger partial charge < -0.3 is 10.1 Å². The van der Waals surface area contributed by atoms with E-state index in [0.29, 0.717) is 0 Å². The third-order valence-corrected chi connectivity index (χ3v) is 2.85. The zero-order valence-corrected chi connectivity index (χ0v) is 10.7. The number of rotatable bonds is 7. The van der Waals surface area contributed by atoms with E-state index in [-0.39, 0.29) is 12.1 Å². The standard InChI is InChI=1S/C12H23N3O/c1-5-7-15-9-10(8-14-15)12(13-3)11(6-2)16-4/h8-9,11-13H,5-7H2,1-4H3. The Balaban J connectivity index is 2.77. The molecule has 1 aromatic rings. The third-order valence-electron chi connectivity index (χ3n) is 2.85. The lowest BCUT2D eigenvalue weighted by atomic mass is 10.0. The van der Waals surface area contributed by atoms with Gasteiger partial charge in [0.25, 0.3) is 0 Å². The summed E-state index contributed by atoms with van der Waals surface area (Å²) in [6.45, 7) is 5.26. The van der Waals surface area contributed by atoms with Crippen LogP contribution in [0.4, 0.5) is 0 Å². The summed E-state index contributed by atoms with van der Waals surface area (Å²) in [5, 5.41) is 7.64. The maximum Gasteiger partial charge on any atom is 0.0764 e. The van der Waals surface area contributed by atoms with Crippen LogP contribution in [0.1, 0.15) is 38.3 Å². The number of nitrogens with zero attached hydrogens (tertiary/aromatic N) is 2. The maximum absolute atomic E-state index is 5.48. The van der Waals surface area contributed by atoms with Crippen LogP contribution in [0.15, 0.2) is 12.4 Å². The molecule has 1 N–H and O–H groups in total. The number of methoxy groups -OCH3 is 1. The lowest BCUT2D eigenvalue weighted by Crippen LogP contribution is -2.30. The number of likely N-dealkylation sites (N-methyl/N-ethyl adjacent to an activating group) is 1. The van der Waals surface area contributed by atoms with Crippen LogP contribution in [0.3, 0.4) is 0 Å². The van der Waals surface area contributed by atoms with Gasteiger partial charge in [-0.15, -0.1) is 0 Å². The number of hydrogen-bond acceptors (Lipinski definition) is 3. The third kappa shape index (κ3) is 3.06. The molecule has 0 aliphatic heterocycles. The highest BCUT2D eigenvalue weighted by Crippen LogP contribution is 2.20. The van der Waals surface area contributed by atoms with Gasteiger partial charge in [0.05, 0.1) is 18.3 Å². The summed E-state index contributed by atoms with van der Waals surface area (Å²) in [6, 6.07) is 0.223. The molecular formula is C12H23N3O. The quantitative estimate of drug-likeness (QED) is 0.771. The second-order valence-electron chi connectivity index (χ2n) is 3.99. The molecule has 1 heterocycles. The van der Waals surface area contributed by atoms with Crippen LogP contribution in [0.25, 0.3) is 0 Å². The van der Waals surface area contributed by atoms with Gasteiger partial charge >= 0.3 is 0 Å². The van der Waals surface area contributed by atoms with Gasteiger partial charge in [0.15, 0.2) is 0 Å². The van der Waals surface area contributed by atoms with Gasteiger partial charge in [-0.05, 0) is 19.9 Å². The van der Waals surface area contributed by atoms with Crippen molar-refractivity contribution in [3.05, 3.63) is 18.0 Å². The summed E-state index contributed by atoms with van der Waals surface area (Å²) in [5.41, 5.74) is 1.20. The molecule has 0 radical (unpaired) electrons. The molecular weight excluding hydrogens is 202 g/mol. The lowest BCUT2D eigenvalue weighted by Gasteiger charge is -2.23. The van der Waals surface area contributed by atoms with Crippen LogP contribution in [0.5, 0.6) is 0 Å². The summed E-state index contributed by atoms with van der Waals surface area (Å²) in [7, 11) is 3.72. The van der Waals surface area contributed by atoms with Gasteiger partial charge in [0.1, 0.15) is 0 Å². The second kappa shape index (κ2) is 6.66. The minimum Gasteiger partial charge on any atom is -0.379 e. The van der Waals surface area contributed by atoms with Crippen LogP contribution < -0.4 is 5.32 Å². The molecule has 16 heavy (non-hydrogen) atoms. The van der Waals surface area contributed by atoms with E-state index in [4.69, 9.17) is 4.74 Å². The van der Waals surface area contributed by atoms with Gasteiger partial charge in [-0.3, -0.25) is 4.68 Å². The number of hydrogen-bond donors (Lipinski definition) is 1. The Kier molecular flexibility index (Phi) is 5.49. The fourth-order valence-corrected chi connectivity index (χ4v) is 2.00. The topological polar surface area (TPSA) is 39.1 Å². The SMILES string of the molecule is CCCn1cc(C(NC)C(CC)OC)cn1. The Hall–Kier alpha value is -0.870. The molecule has 4 heteroatoms. The average molecular weight is 225 g/mol. The Morgan fingerprint density at radius 2 is 2.25 bits per heavy atom. The van der Waals surface area contributed by atoms with E-state index in [2.05, 4.69) is 30.5 Å². The first-order chi connectivity index (χ1) is 7.76. The highest BCUT2D eigenvalue weighted by Gasteiger charge is 2.20. The molecule has 1 aromatic heterocycles. The number of nitrogens with one attached hydrogen (secondary N) is 1. The molecule has 0 aromatic carbocycles. The molecule has 92 valence electrons. The van der Waals surface area contributed by atoms with Gasteiger partial charge in [-0.2, -0.15) is 5.10 Å². The fourth-order valence-electron chi connectivity index (χ4n) is 2.00. The predicted molar refractivity (Wildman–Crippen MR) is 65.4 cm³/mol. The molecule has 2 atom stereocenters. The second-order valence-corrected chi connectivity index (χ2v) is 3.99. The summed E-state index contributed by atoms with van der Waals surface area (Å²) < 4.78 is 7.46. The fraction of sp³-hybridized carbons (Fsp3) is 0.750. The van der Waals surface area contributed by atoms with Crippen molar-refractivity contribution in [3.8, 4) is 0 Å². The van der Waals surface area contributed by atoms with Crippen molar-refractivity contribution in [2.45, 2.75) is 45.4 Å². The van der Waals surface area contributed by atoms with Gasteiger partial charge in [0.2, 0.25) is 0 Å². The smallest absolute Gasteiger partial charge is 0.0764 e. The zero-order valence-electron chi connectivity index (χ0n) is 10.7. The first kappa shape index (κ1) is 13.2. The summed E-state index contributed by atoms with van der Waals surface area (Å²) in [4.78, 5) is 0. The van der Waals surface area contributed by atoms with E-state index in [1.165, 1.54) is 5.56 Å². The molecule has 2 unspecified atom stereocenters. The van der Waals surface area contributed by atoms with Gasteiger partial charge in [-0.25, -0.2) is 0 Å². The molecule has 0 aliphatic carbocycles. The molecule has 0 saturated heterocycles. The molecule has 4 nitrogen and oxygen atoms in total. The molecule has 0 saturated carbocycles. The van der Waals surface area contributed by atoms with E-state index in [1.54, 1.807) is 7.11 Å². The molecule has 1 rings (SSSR count). The predicted octanol–water partition coefficient (Wildman–Crippen LogP) is 1.98. The van der Waals surface area contributed by atoms with Crippen LogP contribution in [-0.4, -0.2) is 30.0 Å². The van der Waals surface area contributed by atoms with Crippen molar-refractivity contribution in [2.75, 3.05) is 14.2 Å². The molecule has 0 fully saturated rings. The van der Waals surface area contributed by atoms with Crippen molar-refractivity contribution >= 4 is 0 Å². The van der Waals surface area contributed by atoms with Crippen LogP contribution >= 0.6 is 0 Å². The molecule has 0 amide bonds. The van der Waals surface area contributed by atoms with Gasteiger partial charge in [-0.1, -0.05) is 13.8 Å². The van der Waals surface area contributed by atoms with Crippen LogP contribution in [-0.2, 0) is 11.3 Å². The average Bonchev–Trinajstić information content (AvgIpc) is 2.74.